The Kier molecular flexibility index (Phi) is 0.557. The maximum atomic E-state index is 10.4. The average molecular weight is 110 g/mol. The summed E-state index contributed by atoms with van der Waals surface area (Å²) in [6, 6.07) is 0. The number of carbonyl (C=O) groups is 1. The molecule has 0 saturated heterocycles. The molecule has 0 saturated carbocycles. The summed E-state index contributed by atoms with van der Waals surface area (Å²) in [5.41, 5.74) is 0. The normalized spacial score (nSPS) is 32.1. The maximum absolute atomic E-state index is 10.4. The van der Waals surface area contributed by atoms with Gasteiger partial charge in [0.1, 0.15) is 0 Å². The van der Waals surface area contributed by atoms with Crippen molar-refractivity contribution in [2.75, 3.05) is 0 Å². The van der Waals surface area contributed by atoms with Crippen molar-refractivity contribution in [1.29, 1.82) is 0 Å². The summed E-state index contributed by atoms with van der Waals surface area (Å²) in [6.07, 6.45) is -10.2. The van der Waals surface area contributed by atoms with Gasteiger partial charge in [0.05, 0.1) is 0 Å². The molecule has 0 bridgehead atoms. The molecule has 0 aliphatic carbocycles. The van der Waals surface area contributed by atoms with E-state index < -0.39 is 32.0 Å². The van der Waals surface area contributed by atoms with E-state index in [1.807, 2.05) is 0 Å². The molecule has 0 unspecified atom stereocenters. The Morgan fingerprint density at radius 3 is 3.29 bits per heavy atom. The van der Waals surface area contributed by atoms with Gasteiger partial charge in [0.25, 0.3) is 0 Å². The van der Waals surface area contributed by atoms with E-state index in [2.05, 4.69) is 0 Å². The van der Waals surface area contributed by atoms with Crippen molar-refractivity contribution < 1.29 is 20.9 Å². The number of hydrogen-bond donors (Lipinski definition) is 1. The second kappa shape index (κ2) is 3.65. The molecular weight excluding hydrogens is 92.1 g/mol. The lowest BCUT2D eigenvalue weighted by Crippen LogP contribution is -1.91. The zero-order chi connectivity index (χ0) is 12.7. The number of carboxylic acid groups (broad SMARTS) is 1. The van der Waals surface area contributed by atoms with Gasteiger partial charge in [-0.2, -0.15) is 0 Å². The van der Waals surface area contributed by atoms with Gasteiger partial charge in [0.2, 0.25) is 0 Å². The molecule has 0 aromatic heterocycles. The van der Waals surface area contributed by atoms with Crippen LogP contribution in [0.4, 0.5) is 0 Å². The quantitative estimate of drug-likeness (QED) is 0.594. The molecule has 2 heteroatoms. The van der Waals surface area contributed by atoms with Crippen molar-refractivity contribution in [1.82, 2.24) is 0 Å². The molecule has 0 radical (unpaired) electrons. The number of carboxylic acids is 1. The lowest BCUT2D eigenvalue weighted by molar-refractivity contribution is -0.137. The van der Waals surface area contributed by atoms with E-state index in [1.54, 1.807) is 0 Å². The van der Waals surface area contributed by atoms with Gasteiger partial charge in [-0.15, -0.1) is 0 Å². The largest absolute Gasteiger partial charge is 0.481 e. The zero-order valence-electron chi connectivity index (χ0n) is 11.4. The zero-order valence-corrected chi connectivity index (χ0v) is 3.43. The molecule has 0 aromatic rings. The summed E-state index contributed by atoms with van der Waals surface area (Å²) in [4.78, 5) is 10.4. The summed E-state index contributed by atoms with van der Waals surface area (Å²) in [5, 5.41) is 8.42. The minimum Gasteiger partial charge on any atom is -0.481 e. The lowest BCUT2D eigenvalue weighted by Gasteiger charge is -1.85. The second-order valence-corrected chi connectivity index (χ2v) is 0.699. The molecule has 0 fully saturated rings. The summed E-state index contributed by atoms with van der Waals surface area (Å²) in [6.45, 7) is -2.33. The highest BCUT2D eigenvalue weighted by molar-refractivity contribution is 5.66. The highest BCUT2D eigenvalue weighted by atomic mass is 16.4. The highest BCUT2D eigenvalue weighted by Gasteiger charge is 1.90. The second-order valence-electron chi connectivity index (χ2n) is 0.699. The van der Waals surface area contributed by atoms with Crippen LogP contribution in [0.2, 0.25) is 0 Å². The Labute approximate surface area is 54.4 Å². The van der Waals surface area contributed by atoms with Gasteiger partial charge in [-0.3, -0.25) is 4.79 Å². The predicted molar refractivity (Wildman–Crippen MR) is 27.2 cm³/mol. The highest BCUT2D eigenvalue weighted by Crippen LogP contribution is 1.91. The van der Waals surface area contributed by atoms with E-state index in [-0.39, 0.29) is 0 Å². The van der Waals surface area contributed by atoms with Crippen LogP contribution in [0.1, 0.15) is 37.0 Å². The SMILES string of the molecule is [2H]C([2H])C([2H])([2H])C([2H])([2H])C([2H])([2H])C(=O)O. The van der Waals surface area contributed by atoms with E-state index in [0.29, 0.717) is 0 Å². The third-order valence-electron chi connectivity index (χ3n) is 0.242. The van der Waals surface area contributed by atoms with E-state index >= 15 is 0 Å². The van der Waals surface area contributed by atoms with E-state index in [9.17, 15) is 4.79 Å². The van der Waals surface area contributed by atoms with Crippen molar-refractivity contribution in [3.05, 3.63) is 0 Å². The van der Waals surface area contributed by atoms with Crippen molar-refractivity contribution in [2.45, 2.75) is 26.0 Å². The summed E-state index contributed by atoms with van der Waals surface area (Å²) < 4.78 is 55.6. The lowest BCUT2D eigenvalue weighted by atomic mass is 10.3. The van der Waals surface area contributed by atoms with Crippen LogP contribution in [0, 0.1) is 0 Å². The van der Waals surface area contributed by atoms with Gasteiger partial charge >= 0.3 is 5.97 Å². The fourth-order valence-electron chi connectivity index (χ4n) is 0.0896. The predicted octanol–water partition coefficient (Wildman–Crippen LogP) is 1.26. The molecule has 0 aliphatic heterocycles. The molecule has 2 nitrogen and oxygen atoms in total. The van der Waals surface area contributed by atoms with Crippen LogP contribution in [0.15, 0.2) is 0 Å². The molecule has 42 valence electrons. The van der Waals surface area contributed by atoms with Gasteiger partial charge in [-0.05, 0) is 6.37 Å². The smallest absolute Gasteiger partial charge is 0.303 e. The van der Waals surface area contributed by atoms with Gasteiger partial charge in [0, 0.05) is 17.3 Å². The molecular formula is C5H10O2. The molecule has 0 atom stereocenters. The van der Waals surface area contributed by atoms with Crippen LogP contribution in [0.3, 0.4) is 0 Å². The molecule has 0 spiro atoms. The average Bonchev–Trinajstić information content (AvgIpc) is 2.02. The number of aliphatic carboxylic acids is 1. The Hall–Kier alpha value is -0.530. The van der Waals surface area contributed by atoms with Gasteiger partial charge in [0.15, 0.2) is 0 Å². The maximum Gasteiger partial charge on any atom is 0.303 e. The first-order chi connectivity index (χ1) is 6.39. The molecule has 0 amide bonds. The Morgan fingerprint density at radius 2 is 2.86 bits per heavy atom. The molecule has 0 rings (SSSR count). The Balaban J connectivity index is 5.40. The first kappa shape index (κ1) is 1.07. The van der Waals surface area contributed by atoms with Crippen molar-refractivity contribution >= 4 is 5.97 Å². The first-order valence-corrected chi connectivity index (χ1v) is 1.47. The van der Waals surface area contributed by atoms with Crippen LogP contribution in [-0.4, -0.2) is 11.1 Å². The summed E-state index contributed by atoms with van der Waals surface area (Å²) in [5.74, 6) is -2.17. The third-order valence-corrected chi connectivity index (χ3v) is 0.242. The Morgan fingerprint density at radius 1 is 2.14 bits per heavy atom. The van der Waals surface area contributed by atoms with Crippen molar-refractivity contribution in [3.8, 4) is 0 Å². The van der Waals surface area contributed by atoms with E-state index in [0.717, 1.165) is 0 Å². The van der Waals surface area contributed by atoms with Crippen LogP contribution in [-0.2, 0) is 4.79 Å². The molecule has 0 aliphatic rings. The number of hydrogen-bond acceptors (Lipinski definition) is 1. The standard InChI is InChI=1S/C5H10O2/c1-2-3-4-5(6)7/h2-4H2,1H3,(H,6,7)/i1D2,2D2,3D2,4D2. The fourth-order valence-corrected chi connectivity index (χ4v) is 0.0896. The topological polar surface area (TPSA) is 37.3 Å². The van der Waals surface area contributed by atoms with Crippen LogP contribution >= 0.6 is 0 Å². The molecule has 7 heavy (non-hydrogen) atoms. The van der Waals surface area contributed by atoms with Crippen LogP contribution in [0.25, 0.3) is 0 Å². The molecule has 0 heterocycles. The van der Waals surface area contributed by atoms with Crippen molar-refractivity contribution in [2.24, 2.45) is 0 Å². The summed E-state index contributed by atoms with van der Waals surface area (Å²) >= 11 is 0. The number of rotatable bonds is 3. The van der Waals surface area contributed by atoms with Crippen LogP contribution in [0.5, 0.6) is 0 Å². The van der Waals surface area contributed by atoms with Crippen LogP contribution < -0.4 is 0 Å². The van der Waals surface area contributed by atoms with Gasteiger partial charge in [-0.1, -0.05) is 13.2 Å². The minimum atomic E-state index is -3.50. The van der Waals surface area contributed by atoms with Gasteiger partial charge in [-0.25, -0.2) is 0 Å². The van der Waals surface area contributed by atoms with Crippen molar-refractivity contribution in [3.63, 3.8) is 0 Å². The first-order valence-electron chi connectivity index (χ1n) is 5.62. The molecule has 0 aromatic carbocycles. The monoisotopic (exact) mass is 110 g/mol. The minimum absolute atomic E-state index is 2.17. The van der Waals surface area contributed by atoms with E-state index in [4.69, 9.17) is 16.1 Å². The third kappa shape index (κ3) is 5.47. The Bertz CT molecular complexity index is 260. The van der Waals surface area contributed by atoms with E-state index in [1.165, 1.54) is 0 Å². The molecule has 1 N–H and O–H groups in total. The fraction of sp³-hybridized carbons (Fsp3) is 0.800. The van der Waals surface area contributed by atoms with Gasteiger partial charge < -0.3 is 5.11 Å². The summed E-state index contributed by atoms with van der Waals surface area (Å²) in [7, 11) is 0.